The largest absolute Gasteiger partial charge is 0.451 e. The number of carbonyl (C=O) groups excluding carboxylic acids is 1. The highest BCUT2D eigenvalue weighted by molar-refractivity contribution is 8.01. The lowest BCUT2D eigenvalue weighted by Gasteiger charge is -2.05. The second kappa shape index (κ2) is 8.01. The van der Waals surface area contributed by atoms with Crippen molar-refractivity contribution in [2.45, 2.75) is 38.0 Å². The van der Waals surface area contributed by atoms with Gasteiger partial charge in [-0.3, -0.25) is 14.9 Å². The van der Waals surface area contributed by atoms with Crippen LogP contribution in [0.25, 0.3) is 11.0 Å². The molecule has 3 rings (SSSR count). The molecule has 1 aromatic carbocycles. The first-order valence-electron chi connectivity index (χ1n) is 8.30. The Morgan fingerprint density at radius 3 is 2.85 bits per heavy atom. The number of fused-ring (bicyclic) bond motifs is 1. The standard InChI is InChI=1S/C18H19N3O3S2/c1-4-5-6-25-18-21-20-17(26-18)19-16(23)14-9-12(22)15-11(3)7-10(2)8-13(15)24-14/h7-9H,4-6H2,1-3H3,(H,19,20,23). The van der Waals surface area contributed by atoms with Crippen LogP contribution in [0.1, 0.15) is 41.4 Å². The van der Waals surface area contributed by atoms with E-state index < -0.39 is 5.91 Å². The van der Waals surface area contributed by atoms with E-state index >= 15 is 0 Å². The van der Waals surface area contributed by atoms with Crippen LogP contribution in [0.4, 0.5) is 5.13 Å². The van der Waals surface area contributed by atoms with Crippen LogP contribution in [-0.4, -0.2) is 21.9 Å². The molecule has 0 aliphatic carbocycles. The van der Waals surface area contributed by atoms with Crippen molar-refractivity contribution >= 4 is 45.1 Å². The molecule has 0 aliphatic heterocycles. The van der Waals surface area contributed by atoms with Gasteiger partial charge in [0.25, 0.3) is 5.91 Å². The average molecular weight is 390 g/mol. The molecule has 1 N–H and O–H groups in total. The normalized spacial score (nSPS) is 11.0. The minimum Gasteiger partial charge on any atom is -0.451 e. The van der Waals surface area contributed by atoms with E-state index in [0.29, 0.717) is 16.1 Å². The highest BCUT2D eigenvalue weighted by Crippen LogP contribution is 2.26. The molecule has 3 aromatic rings. The zero-order chi connectivity index (χ0) is 18.7. The van der Waals surface area contributed by atoms with E-state index in [4.69, 9.17) is 4.42 Å². The predicted molar refractivity (Wildman–Crippen MR) is 105 cm³/mol. The van der Waals surface area contributed by atoms with Crippen molar-refractivity contribution in [2.75, 3.05) is 11.1 Å². The van der Waals surface area contributed by atoms with Crippen molar-refractivity contribution in [3.05, 3.63) is 45.3 Å². The van der Waals surface area contributed by atoms with Crippen LogP contribution in [0.2, 0.25) is 0 Å². The Hall–Kier alpha value is -2.19. The molecule has 0 atom stereocenters. The summed E-state index contributed by atoms with van der Waals surface area (Å²) in [5, 5.41) is 11.6. The smallest absolute Gasteiger partial charge is 0.293 e. The van der Waals surface area contributed by atoms with E-state index in [0.717, 1.165) is 34.1 Å². The average Bonchev–Trinajstić information content (AvgIpc) is 3.01. The predicted octanol–water partition coefficient (Wildman–Crippen LogP) is 4.41. The number of thioether (sulfide) groups is 1. The number of benzene rings is 1. The molecule has 0 unspecified atom stereocenters. The molecular weight excluding hydrogens is 370 g/mol. The van der Waals surface area contributed by atoms with Crippen LogP contribution in [0.15, 0.2) is 31.8 Å². The first-order chi connectivity index (χ1) is 12.5. The van der Waals surface area contributed by atoms with Crippen LogP contribution in [-0.2, 0) is 0 Å². The Labute approximate surface area is 159 Å². The topological polar surface area (TPSA) is 85.1 Å². The Morgan fingerprint density at radius 2 is 2.08 bits per heavy atom. The lowest BCUT2D eigenvalue weighted by atomic mass is 10.1. The molecule has 136 valence electrons. The third-order valence-corrected chi connectivity index (χ3v) is 5.80. The monoisotopic (exact) mass is 389 g/mol. The van der Waals surface area contributed by atoms with Crippen LogP contribution in [0, 0.1) is 13.8 Å². The summed E-state index contributed by atoms with van der Waals surface area (Å²) in [4.78, 5) is 24.8. The van der Waals surface area contributed by atoms with Crippen LogP contribution in [0.5, 0.6) is 0 Å². The number of amides is 1. The quantitative estimate of drug-likeness (QED) is 0.382. The van der Waals surface area contributed by atoms with Gasteiger partial charge in [-0.25, -0.2) is 0 Å². The summed E-state index contributed by atoms with van der Waals surface area (Å²) in [5.74, 6) is 0.421. The maximum Gasteiger partial charge on any atom is 0.293 e. The Balaban J connectivity index is 1.81. The Kier molecular flexibility index (Phi) is 5.73. The van der Waals surface area contributed by atoms with E-state index in [2.05, 4.69) is 22.4 Å². The van der Waals surface area contributed by atoms with Crippen molar-refractivity contribution in [1.82, 2.24) is 10.2 Å². The molecule has 0 radical (unpaired) electrons. The molecule has 6 nitrogen and oxygen atoms in total. The first-order valence-corrected chi connectivity index (χ1v) is 10.1. The molecule has 0 aliphatic rings. The minimum atomic E-state index is -0.510. The van der Waals surface area contributed by atoms with Gasteiger partial charge in [0.2, 0.25) is 5.13 Å². The zero-order valence-corrected chi connectivity index (χ0v) is 16.4. The van der Waals surface area contributed by atoms with Gasteiger partial charge in [-0.2, -0.15) is 0 Å². The fraction of sp³-hybridized carbons (Fsp3) is 0.333. The molecule has 0 spiro atoms. The van der Waals surface area contributed by atoms with Gasteiger partial charge in [0.1, 0.15) is 5.58 Å². The molecule has 1 amide bonds. The molecule has 2 heterocycles. The van der Waals surface area contributed by atoms with Crippen molar-refractivity contribution < 1.29 is 9.21 Å². The van der Waals surface area contributed by atoms with E-state index in [1.807, 2.05) is 19.9 Å². The van der Waals surface area contributed by atoms with Crippen LogP contribution >= 0.6 is 23.1 Å². The number of rotatable bonds is 6. The SMILES string of the molecule is CCCCSc1nnc(NC(=O)c2cc(=O)c3c(C)cc(C)cc3o2)s1. The molecule has 0 saturated heterocycles. The summed E-state index contributed by atoms with van der Waals surface area (Å²) in [6.07, 6.45) is 2.22. The maximum absolute atomic E-state index is 12.4. The summed E-state index contributed by atoms with van der Waals surface area (Å²) >= 11 is 2.92. The van der Waals surface area contributed by atoms with Crippen molar-refractivity contribution in [3.8, 4) is 0 Å². The Morgan fingerprint density at radius 1 is 1.27 bits per heavy atom. The Bertz CT molecular complexity index is 1010. The van der Waals surface area contributed by atoms with Gasteiger partial charge in [0.15, 0.2) is 15.5 Å². The van der Waals surface area contributed by atoms with E-state index in [1.54, 1.807) is 17.8 Å². The molecular formula is C18H19N3O3S2. The lowest BCUT2D eigenvalue weighted by Crippen LogP contribution is -2.15. The van der Waals surface area contributed by atoms with Gasteiger partial charge >= 0.3 is 0 Å². The fourth-order valence-corrected chi connectivity index (χ4v) is 4.46. The maximum atomic E-state index is 12.4. The summed E-state index contributed by atoms with van der Waals surface area (Å²) in [5.41, 5.74) is 1.97. The first kappa shape index (κ1) is 18.6. The molecule has 26 heavy (non-hydrogen) atoms. The number of hydrogen-bond acceptors (Lipinski definition) is 7. The zero-order valence-electron chi connectivity index (χ0n) is 14.8. The van der Waals surface area contributed by atoms with Crippen molar-refractivity contribution in [3.63, 3.8) is 0 Å². The van der Waals surface area contributed by atoms with Crippen LogP contribution < -0.4 is 10.7 Å². The third kappa shape index (κ3) is 4.13. The van der Waals surface area contributed by atoms with Crippen molar-refractivity contribution in [1.29, 1.82) is 0 Å². The van der Waals surface area contributed by atoms with Gasteiger partial charge in [-0.15, -0.1) is 10.2 Å². The number of hydrogen-bond donors (Lipinski definition) is 1. The molecule has 0 bridgehead atoms. The molecule has 0 fully saturated rings. The molecule has 8 heteroatoms. The van der Waals surface area contributed by atoms with E-state index in [9.17, 15) is 9.59 Å². The van der Waals surface area contributed by atoms with Gasteiger partial charge < -0.3 is 4.42 Å². The number of anilines is 1. The van der Waals surface area contributed by atoms with E-state index in [1.165, 1.54) is 17.4 Å². The highest BCUT2D eigenvalue weighted by Gasteiger charge is 2.16. The number of aryl methyl sites for hydroxylation is 2. The van der Waals surface area contributed by atoms with E-state index in [-0.39, 0.29) is 11.2 Å². The molecule has 0 saturated carbocycles. The lowest BCUT2D eigenvalue weighted by molar-refractivity contribution is 0.0997. The van der Waals surface area contributed by atoms with Crippen LogP contribution in [0.3, 0.4) is 0 Å². The fourth-order valence-electron chi connectivity index (χ4n) is 2.56. The summed E-state index contributed by atoms with van der Waals surface area (Å²) in [6, 6.07) is 4.89. The van der Waals surface area contributed by atoms with Gasteiger partial charge in [0.05, 0.1) is 5.39 Å². The molecule has 2 aromatic heterocycles. The van der Waals surface area contributed by atoms with Gasteiger partial charge in [-0.1, -0.05) is 42.5 Å². The number of nitrogens with one attached hydrogen (secondary N) is 1. The summed E-state index contributed by atoms with van der Waals surface area (Å²) in [7, 11) is 0. The number of nitrogens with zero attached hydrogens (tertiary/aromatic N) is 2. The van der Waals surface area contributed by atoms with Gasteiger partial charge in [-0.05, 0) is 37.5 Å². The van der Waals surface area contributed by atoms with Crippen molar-refractivity contribution in [2.24, 2.45) is 0 Å². The van der Waals surface area contributed by atoms with Gasteiger partial charge in [0, 0.05) is 11.8 Å². The second-order valence-electron chi connectivity index (χ2n) is 5.96. The number of unbranched alkanes of at least 4 members (excludes halogenated alkanes) is 1. The highest BCUT2D eigenvalue weighted by atomic mass is 32.2. The summed E-state index contributed by atoms with van der Waals surface area (Å²) in [6.45, 7) is 5.90. The third-order valence-electron chi connectivity index (χ3n) is 3.75. The second-order valence-corrected chi connectivity index (χ2v) is 8.28. The summed E-state index contributed by atoms with van der Waals surface area (Å²) < 4.78 is 6.47. The number of carbonyl (C=O) groups is 1. The number of aromatic nitrogens is 2. The minimum absolute atomic E-state index is 0.0390.